The maximum atomic E-state index is 12.4. The molecule has 0 heterocycles. The molecule has 7 nitrogen and oxygen atoms in total. The summed E-state index contributed by atoms with van der Waals surface area (Å²) in [6.45, 7) is 7.05. The maximum absolute atomic E-state index is 12.4. The van der Waals surface area contributed by atoms with Gasteiger partial charge in [0.1, 0.15) is 11.5 Å². The van der Waals surface area contributed by atoms with Crippen molar-refractivity contribution in [1.29, 1.82) is 0 Å². The summed E-state index contributed by atoms with van der Waals surface area (Å²) in [5, 5.41) is 11.8. The number of ether oxygens (including phenoxy) is 3. The smallest absolute Gasteiger partial charge is 0.336 e. The van der Waals surface area contributed by atoms with Crippen LogP contribution in [0.15, 0.2) is 72.8 Å². The van der Waals surface area contributed by atoms with Crippen LogP contribution in [0.3, 0.4) is 0 Å². The number of carbonyl (C=O) groups excluding carboxylic acids is 1. The monoisotopic (exact) mass is 643 g/mol. The first-order valence-corrected chi connectivity index (χ1v) is 17.6. The number of benzene rings is 3. The van der Waals surface area contributed by atoms with Crippen LogP contribution in [0.5, 0.6) is 17.2 Å². The van der Waals surface area contributed by atoms with Gasteiger partial charge in [0.25, 0.3) is 0 Å². The van der Waals surface area contributed by atoms with Gasteiger partial charge in [-0.3, -0.25) is 10.1 Å². The van der Waals surface area contributed by atoms with Crippen LogP contribution in [0.2, 0.25) is 0 Å². The Balaban J connectivity index is 1.41. The van der Waals surface area contributed by atoms with Crippen LogP contribution >= 0.6 is 0 Å². The van der Waals surface area contributed by atoms with Crippen LogP contribution in [0.1, 0.15) is 116 Å². The number of nitro groups is 1. The van der Waals surface area contributed by atoms with Gasteiger partial charge in [-0.25, -0.2) is 4.79 Å². The highest BCUT2D eigenvalue weighted by molar-refractivity contribution is 5.88. The molecule has 3 aromatic carbocycles. The van der Waals surface area contributed by atoms with Gasteiger partial charge in [-0.05, 0) is 79.3 Å². The molecule has 3 aromatic rings. The number of hydrogen-bond acceptors (Lipinski definition) is 6. The number of rotatable bonds is 23. The lowest BCUT2D eigenvalue weighted by Gasteiger charge is -2.15. The fourth-order valence-corrected chi connectivity index (χ4v) is 5.38. The highest BCUT2D eigenvalue weighted by Crippen LogP contribution is 2.34. The third-order valence-corrected chi connectivity index (χ3v) is 8.16. The van der Waals surface area contributed by atoms with Gasteiger partial charge in [-0.2, -0.15) is 0 Å². The zero-order valence-electron chi connectivity index (χ0n) is 28.6. The van der Waals surface area contributed by atoms with Crippen LogP contribution in [0, 0.1) is 10.1 Å². The molecule has 1 unspecified atom stereocenters. The maximum Gasteiger partial charge on any atom is 0.336 e. The van der Waals surface area contributed by atoms with E-state index in [2.05, 4.69) is 13.8 Å². The van der Waals surface area contributed by atoms with E-state index in [4.69, 9.17) is 14.2 Å². The van der Waals surface area contributed by atoms with Crippen LogP contribution in [0.25, 0.3) is 17.2 Å². The summed E-state index contributed by atoms with van der Waals surface area (Å²) in [5.74, 6) is 0.982. The number of unbranched alkanes of at least 4 members (excludes halogenated alkanes) is 11. The molecule has 0 spiro atoms. The molecule has 0 bridgehead atoms. The molecule has 0 N–H and O–H groups in total. The highest BCUT2D eigenvalue weighted by atomic mass is 16.6. The second-order valence-electron chi connectivity index (χ2n) is 12.2. The highest BCUT2D eigenvalue weighted by Gasteiger charge is 2.19. The topological polar surface area (TPSA) is 87.9 Å². The molecule has 0 fully saturated rings. The Morgan fingerprint density at radius 3 is 1.96 bits per heavy atom. The van der Waals surface area contributed by atoms with Crippen molar-refractivity contribution in [2.45, 2.75) is 117 Å². The van der Waals surface area contributed by atoms with Crippen molar-refractivity contribution in [3.8, 4) is 28.4 Å². The van der Waals surface area contributed by atoms with Gasteiger partial charge in [0, 0.05) is 12.1 Å². The number of carbonyl (C=O) groups is 1. The molecule has 0 aromatic heterocycles. The van der Waals surface area contributed by atoms with Crippen LogP contribution in [-0.2, 0) is 4.79 Å². The standard InChI is InChI=1S/C40H53NO6/c1-4-6-8-9-10-11-12-13-14-16-30-45-36-24-18-33(19-25-36)20-29-40(42)47-37-26-21-34(22-27-37)35-23-28-39(38(31-35)41(43)44)46-32(3)17-15-7-5-2/h18-29,31-32H,4-17,30H2,1-3H3/b29-20+. The third-order valence-electron chi connectivity index (χ3n) is 8.16. The molecule has 254 valence electrons. The molecular weight excluding hydrogens is 590 g/mol. The average molecular weight is 644 g/mol. The minimum atomic E-state index is -0.496. The Morgan fingerprint density at radius 1 is 0.745 bits per heavy atom. The van der Waals surface area contributed by atoms with Crippen molar-refractivity contribution in [1.82, 2.24) is 0 Å². The first-order chi connectivity index (χ1) is 22.9. The Labute approximate surface area is 281 Å². The third kappa shape index (κ3) is 14.4. The van der Waals surface area contributed by atoms with Crippen LogP contribution < -0.4 is 14.2 Å². The summed E-state index contributed by atoms with van der Waals surface area (Å²) in [6, 6.07) is 19.5. The lowest BCUT2D eigenvalue weighted by Crippen LogP contribution is -2.12. The van der Waals surface area contributed by atoms with E-state index in [-0.39, 0.29) is 17.5 Å². The number of nitrogens with zero attached hydrogens (tertiary/aromatic N) is 1. The Hall–Kier alpha value is -4.13. The fourth-order valence-electron chi connectivity index (χ4n) is 5.38. The van der Waals surface area contributed by atoms with E-state index in [1.165, 1.54) is 69.9 Å². The first kappa shape index (κ1) is 37.3. The van der Waals surface area contributed by atoms with E-state index in [9.17, 15) is 14.9 Å². The van der Waals surface area contributed by atoms with Crippen molar-refractivity contribution in [2.24, 2.45) is 0 Å². The van der Waals surface area contributed by atoms with Crippen molar-refractivity contribution in [3.63, 3.8) is 0 Å². The predicted molar refractivity (Wildman–Crippen MR) is 191 cm³/mol. The van der Waals surface area contributed by atoms with Crippen LogP contribution in [-0.4, -0.2) is 23.6 Å². The molecule has 1 atom stereocenters. The summed E-state index contributed by atoms with van der Waals surface area (Å²) < 4.78 is 17.2. The van der Waals surface area contributed by atoms with Gasteiger partial charge in [-0.1, -0.05) is 115 Å². The zero-order chi connectivity index (χ0) is 33.7. The largest absolute Gasteiger partial charge is 0.494 e. The molecule has 0 aliphatic rings. The van der Waals surface area contributed by atoms with E-state index in [1.807, 2.05) is 31.2 Å². The summed E-state index contributed by atoms with van der Waals surface area (Å²) in [7, 11) is 0. The van der Waals surface area contributed by atoms with Crippen molar-refractivity contribution in [3.05, 3.63) is 88.5 Å². The Bertz CT molecular complexity index is 1370. The minimum absolute atomic E-state index is 0.0702. The van der Waals surface area contributed by atoms with E-state index < -0.39 is 10.9 Å². The Kier molecular flexibility index (Phi) is 17.2. The van der Waals surface area contributed by atoms with Crippen LogP contribution in [0.4, 0.5) is 5.69 Å². The SMILES string of the molecule is CCCCCCCCCCCCOc1ccc(/C=C/C(=O)Oc2ccc(-c3ccc(OC(C)CCCCC)c([N+](=O)[O-])c3)cc2)cc1. The summed E-state index contributed by atoms with van der Waals surface area (Å²) in [6.07, 6.45) is 20.1. The van der Waals surface area contributed by atoms with Gasteiger partial charge in [0.05, 0.1) is 17.6 Å². The summed E-state index contributed by atoms with van der Waals surface area (Å²) in [5.41, 5.74) is 2.24. The molecule has 0 amide bonds. The summed E-state index contributed by atoms with van der Waals surface area (Å²) in [4.78, 5) is 23.8. The molecule has 7 heteroatoms. The van der Waals surface area contributed by atoms with Gasteiger partial charge >= 0.3 is 11.7 Å². The average Bonchev–Trinajstić information content (AvgIpc) is 3.07. The fraction of sp³-hybridized carbons (Fsp3) is 0.475. The quantitative estimate of drug-likeness (QED) is 0.0255. The van der Waals surface area contributed by atoms with E-state index in [0.29, 0.717) is 17.9 Å². The van der Waals surface area contributed by atoms with E-state index in [1.54, 1.807) is 42.5 Å². The molecule has 0 aliphatic carbocycles. The van der Waals surface area contributed by atoms with Gasteiger partial charge in [0.2, 0.25) is 0 Å². The number of hydrogen-bond donors (Lipinski definition) is 0. The van der Waals surface area contributed by atoms with Gasteiger partial charge in [-0.15, -0.1) is 0 Å². The lowest BCUT2D eigenvalue weighted by molar-refractivity contribution is -0.386. The van der Waals surface area contributed by atoms with Gasteiger partial charge < -0.3 is 14.2 Å². The molecule has 0 saturated carbocycles. The van der Waals surface area contributed by atoms with Gasteiger partial charge in [0.15, 0.2) is 5.75 Å². The molecule has 0 aliphatic heterocycles. The molecular formula is C40H53NO6. The molecule has 47 heavy (non-hydrogen) atoms. The number of esters is 1. The number of nitro benzene ring substituents is 1. The first-order valence-electron chi connectivity index (χ1n) is 17.6. The Morgan fingerprint density at radius 2 is 1.32 bits per heavy atom. The second-order valence-corrected chi connectivity index (χ2v) is 12.2. The zero-order valence-corrected chi connectivity index (χ0v) is 28.6. The van der Waals surface area contributed by atoms with E-state index in [0.717, 1.165) is 49.0 Å². The molecule has 0 saturated heterocycles. The summed E-state index contributed by atoms with van der Waals surface area (Å²) >= 11 is 0. The lowest BCUT2D eigenvalue weighted by atomic mass is 10.0. The normalized spacial score (nSPS) is 11.8. The predicted octanol–water partition coefficient (Wildman–Crippen LogP) is 11.5. The second kappa shape index (κ2) is 21.6. The minimum Gasteiger partial charge on any atom is -0.494 e. The van der Waals surface area contributed by atoms with E-state index >= 15 is 0 Å². The van der Waals surface area contributed by atoms with Crippen molar-refractivity contribution < 1.29 is 23.9 Å². The molecule has 3 rings (SSSR count). The van der Waals surface area contributed by atoms with Crippen molar-refractivity contribution in [2.75, 3.05) is 6.61 Å². The molecule has 0 radical (unpaired) electrons. The van der Waals surface area contributed by atoms with Crippen molar-refractivity contribution >= 4 is 17.7 Å².